The first-order valence-corrected chi connectivity index (χ1v) is 4.97. The van der Waals surface area contributed by atoms with Crippen molar-refractivity contribution in [2.75, 3.05) is 14.2 Å². The third kappa shape index (κ3) is 3.33. The molecule has 0 aliphatic rings. The third-order valence-corrected chi connectivity index (χ3v) is 2.24. The summed E-state index contributed by atoms with van der Waals surface area (Å²) in [7, 11) is 2.23. The number of hydrogen-bond donors (Lipinski definition) is 0. The maximum Gasteiger partial charge on any atom is 0.406 e. The Bertz CT molecular complexity index is 507. The van der Waals surface area contributed by atoms with Crippen LogP contribution in [0.4, 0.5) is 14.6 Å². The van der Waals surface area contributed by atoms with Gasteiger partial charge in [-0.2, -0.15) is 0 Å². The molecule has 1 aromatic heterocycles. The standard InChI is InChI=1S/C10H10F2N2O5/c1-18-6-3-5(4-7(15)19-2)8(9(11)12)13-10(6)14(16)17/h3,9H,4H2,1-2H3. The Morgan fingerprint density at radius 3 is 2.58 bits per heavy atom. The molecule has 0 aliphatic carbocycles. The molecule has 1 aromatic rings. The summed E-state index contributed by atoms with van der Waals surface area (Å²) in [6, 6.07) is 0.990. The number of carbonyl (C=O) groups excluding carboxylic acids is 1. The Morgan fingerprint density at radius 1 is 1.53 bits per heavy atom. The normalized spacial score (nSPS) is 10.4. The van der Waals surface area contributed by atoms with Crippen LogP contribution in [0.5, 0.6) is 5.75 Å². The van der Waals surface area contributed by atoms with Gasteiger partial charge in [0.05, 0.1) is 20.6 Å². The molecule has 0 aliphatic heterocycles. The summed E-state index contributed by atoms with van der Waals surface area (Å²) in [5.74, 6) is -1.89. The van der Waals surface area contributed by atoms with E-state index in [4.69, 9.17) is 4.74 Å². The quantitative estimate of drug-likeness (QED) is 0.461. The summed E-state index contributed by atoms with van der Waals surface area (Å²) in [6.07, 6.45) is -3.53. The molecule has 1 rings (SSSR count). The predicted molar refractivity (Wildman–Crippen MR) is 58.1 cm³/mol. The Hall–Kier alpha value is -2.32. The molecule has 104 valence electrons. The van der Waals surface area contributed by atoms with Crippen LogP contribution in [0.3, 0.4) is 0 Å². The monoisotopic (exact) mass is 276 g/mol. The van der Waals surface area contributed by atoms with E-state index in [0.29, 0.717) is 0 Å². The van der Waals surface area contributed by atoms with Crippen LogP contribution in [-0.4, -0.2) is 30.1 Å². The van der Waals surface area contributed by atoms with Gasteiger partial charge in [-0.25, -0.2) is 8.78 Å². The number of carbonyl (C=O) groups is 1. The fraction of sp³-hybridized carbons (Fsp3) is 0.400. The highest BCUT2D eigenvalue weighted by molar-refractivity contribution is 5.73. The van der Waals surface area contributed by atoms with Crippen molar-refractivity contribution < 1.29 is 28.0 Å². The molecule has 0 unspecified atom stereocenters. The Kier molecular flexibility index (Phi) is 4.67. The summed E-state index contributed by atoms with van der Waals surface area (Å²) in [4.78, 5) is 24.1. The first kappa shape index (κ1) is 14.7. The highest BCUT2D eigenvalue weighted by Gasteiger charge is 2.29. The zero-order chi connectivity index (χ0) is 14.6. The number of pyridine rings is 1. The largest absolute Gasteiger partial charge is 0.489 e. The fourth-order valence-corrected chi connectivity index (χ4v) is 1.38. The van der Waals surface area contributed by atoms with Gasteiger partial charge in [0, 0.05) is 5.56 Å². The molecule has 0 radical (unpaired) electrons. The van der Waals surface area contributed by atoms with Crippen LogP contribution < -0.4 is 4.74 Å². The second-order valence-corrected chi connectivity index (χ2v) is 3.37. The molecule has 7 nitrogen and oxygen atoms in total. The maximum atomic E-state index is 12.8. The van der Waals surface area contributed by atoms with Crippen LogP contribution in [0.1, 0.15) is 17.7 Å². The lowest BCUT2D eigenvalue weighted by Gasteiger charge is -2.07. The van der Waals surface area contributed by atoms with Crippen molar-refractivity contribution in [3.05, 3.63) is 27.4 Å². The Balaban J connectivity index is 3.36. The molecule has 0 aromatic carbocycles. The average Bonchev–Trinajstić information content (AvgIpc) is 2.37. The van der Waals surface area contributed by atoms with Gasteiger partial charge in [0.1, 0.15) is 0 Å². The van der Waals surface area contributed by atoms with Crippen LogP contribution in [0.15, 0.2) is 6.07 Å². The number of nitrogens with zero attached hydrogens (tertiary/aromatic N) is 2. The predicted octanol–water partition coefficient (Wildman–Crippen LogP) is 1.65. The van der Waals surface area contributed by atoms with E-state index in [1.54, 1.807) is 0 Å². The summed E-state index contributed by atoms with van der Waals surface area (Å²) >= 11 is 0. The lowest BCUT2D eigenvalue weighted by Crippen LogP contribution is -2.10. The average molecular weight is 276 g/mol. The van der Waals surface area contributed by atoms with Crippen molar-refractivity contribution in [3.63, 3.8) is 0 Å². The number of ether oxygens (including phenoxy) is 2. The van der Waals surface area contributed by atoms with Crippen LogP contribution in [-0.2, 0) is 16.0 Å². The lowest BCUT2D eigenvalue weighted by molar-refractivity contribution is -0.390. The van der Waals surface area contributed by atoms with Crippen LogP contribution in [0.25, 0.3) is 0 Å². The number of rotatable bonds is 5. The van der Waals surface area contributed by atoms with E-state index in [0.717, 1.165) is 20.3 Å². The molecule has 0 bridgehead atoms. The molecule has 0 atom stereocenters. The van der Waals surface area contributed by atoms with E-state index >= 15 is 0 Å². The van der Waals surface area contributed by atoms with E-state index in [-0.39, 0.29) is 11.3 Å². The first-order valence-electron chi connectivity index (χ1n) is 4.97. The summed E-state index contributed by atoms with van der Waals surface area (Å²) in [5.41, 5.74) is -1.01. The zero-order valence-electron chi connectivity index (χ0n) is 10.1. The highest BCUT2D eigenvalue weighted by Crippen LogP contribution is 2.31. The van der Waals surface area contributed by atoms with Crippen LogP contribution in [0, 0.1) is 10.1 Å². The van der Waals surface area contributed by atoms with Crippen molar-refractivity contribution in [1.82, 2.24) is 4.98 Å². The van der Waals surface area contributed by atoms with Gasteiger partial charge in [0.25, 0.3) is 0 Å². The number of nitro groups is 1. The van der Waals surface area contributed by atoms with E-state index < -0.39 is 35.3 Å². The molecule has 9 heteroatoms. The molecule has 19 heavy (non-hydrogen) atoms. The number of alkyl halides is 2. The minimum Gasteiger partial charge on any atom is -0.489 e. The van der Waals surface area contributed by atoms with Gasteiger partial charge in [-0.05, 0) is 16.0 Å². The van der Waals surface area contributed by atoms with E-state index in [9.17, 15) is 23.7 Å². The van der Waals surface area contributed by atoms with Crippen LogP contribution >= 0.6 is 0 Å². The molecule has 0 fully saturated rings. The number of halogens is 2. The molecule has 0 saturated heterocycles. The van der Waals surface area contributed by atoms with Crippen molar-refractivity contribution in [3.8, 4) is 5.75 Å². The summed E-state index contributed by atoms with van der Waals surface area (Å²) in [5, 5.41) is 10.7. The van der Waals surface area contributed by atoms with Gasteiger partial charge in [-0.15, -0.1) is 0 Å². The van der Waals surface area contributed by atoms with Gasteiger partial charge < -0.3 is 19.6 Å². The van der Waals surface area contributed by atoms with Gasteiger partial charge in [-0.1, -0.05) is 0 Å². The van der Waals surface area contributed by atoms with Gasteiger partial charge in [0.15, 0.2) is 0 Å². The number of esters is 1. The first-order chi connectivity index (χ1) is 8.90. The minimum absolute atomic E-state index is 0.177. The van der Waals surface area contributed by atoms with E-state index in [1.807, 2.05) is 0 Å². The minimum atomic E-state index is -3.05. The molecule has 1 heterocycles. The molecule has 0 amide bonds. The van der Waals surface area contributed by atoms with Crippen molar-refractivity contribution in [1.29, 1.82) is 0 Å². The second-order valence-electron chi connectivity index (χ2n) is 3.37. The van der Waals surface area contributed by atoms with Crippen molar-refractivity contribution in [2.45, 2.75) is 12.8 Å². The maximum absolute atomic E-state index is 12.8. The fourth-order valence-electron chi connectivity index (χ4n) is 1.38. The summed E-state index contributed by atoms with van der Waals surface area (Å²) < 4.78 is 34.6. The molecule has 0 spiro atoms. The third-order valence-electron chi connectivity index (χ3n) is 2.24. The highest BCUT2D eigenvalue weighted by atomic mass is 19.3. The van der Waals surface area contributed by atoms with Crippen LogP contribution in [0.2, 0.25) is 0 Å². The summed E-state index contributed by atoms with van der Waals surface area (Å²) in [6.45, 7) is 0. The molecular formula is C10H10F2N2O5. The smallest absolute Gasteiger partial charge is 0.406 e. The SMILES string of the molecule is COC(=O)Cc1cc(OC)c([N+](=O)[O-])nc1C(F)F. The molecule has 0 saturated carbocycles. The number of hydrogen-bond acceptors (Lipinski definition) is 6. The van der Waals surface area contributed by atoms with Gasteiger partial charge >= 0.3 is 18.2 Å². The Morgan fingerprint density at radius 2 is 2.16 bits per heavy atom. The van der Waals surface area contributed by atoms with Crippen molar-refractivity contribution >= 4 is 11.8 Å². The number of aromatic nitrogens is 1. The van der Waals surface area contributed by atoms with E-state index in [2.05, 4.69) is 9.72 Å². The topological polar surface area (TPSA) is 91.6 Å². The lowest BCUT2D eigenvalue weighted by atomic mass is 10.1. The Labute approximate surface area is 106 Å². The van der Waals surface area contributed by atoms with E-state index in [1.165, 1.54) is 0 Å². The van der Waals surface area contributed by atoms with Gasteiger partial charge in [-0.3, -0.25) is 4.79 Å². The van der Waals surface area contributed by atoms with Crippen molar-refractivity contribution in [2.24, 2.45) is 0 Å². The zero-order valence-corrected chi connectivity index (χ0v) is 10.1. The number of methoxy groups -OCH3 is 2. The van der Waals surface area contributed by atoms with Gasteiger partial charge in [0.2, 0.25) is 11.4 Å². The molecule has 0 N–H and O–H groups in total. The molecular weight excluding hydrogens is 266 g/mol. The second kappa shape index (κ2) is 6.03.